The average molecular weight is 1680 g/mol. The standard InChI is InChI=1S/C116H134N4O6/c1-5-9-13-17-21-25-29-33-37-41-49-81-57-65-89(66-58-81)123-101-77-93-105-95(115(121)119-99-75-87-55-47-45-53-85(87)73-97(99)117-113(93)119)79-103(125-91-69-61-83(62-70-91)51-43-39-35-31-27-23-19-15-11-7-3)109-110-104(126-92-71-63-84(64-72-92)52-44-40-36-32-28-24-20-16-12-8-4)80-96-106-94(114-118-98-74-86-54-46-48-56-88(86)76-100(98)120(114)116(96)122)78-102(108(112(106)110)107(101)111(105)109)124-90-67-59-82(60-68-90)50-42-38-34-30-26-22-18-14-10-6-2/h45-48,53-80,117-118H,5-44,49-52H2,1-4H3. The van der Waals surface area contributed by atoms with Crippen molar-refractivity contribution in [1.29, 1.82) is 0 Å². The largest absolute Gasteiger partial charge is 0.457 e. The molecule has 4 aromatic heterocycles. The number of nitrogens with zero attached hydrogens (tertiary/aromatic N) is 2. The van der Waals surface area contributed by atoms with Crippen LogP contribution in [-0.4, -0.2) is 18.8 Å². The van der Waals surface area contributed by atoms with Crippen LogP contribution >= 0.6 is 0 Å². The first-order chi connectivity index (χ1) is 62.2. The van der Waals surface area contributed by atoms with Crippen molar-refractivity contribution in [2.24, 2.45) is 0 Å². The first-order valence-electron chi connectivity index (χ1n) is 49.7. The number of fused-ring (bicyclic) bond motifs is 12. The van der Waals surface area contributed by atoms with E-state index in [1.807, 2.05) is 20.9 Å². The molecule has 0 aliphatic carbocycles. The maximum atomic E-state index is 16.8. The molecule has 13 aromatic carbocycles. The molecule has 0 atom stereocenters. The lowest BCUT2D eigenvalue weighted by Crippen LogP contribution is -2.15. The van der Waals surface area contributed by atoms with E-state index < -0.39 is 0 Å². The van der Waals surface area contributed by atoms with Crippen LogP contribution in [0.2, 0.25) is 0 Å². The molecule has 0 unspecified atom stereocenters. The van der Waals surface area contributed by atoms with E-state index in [1.165, 1.54) is 253 Å². The lowest BCUT2D eigenvalue weighted by molar-refractivity contribution is 0.483. The Hall–Kier alpha value is -10.8. The van der Waals surface area contributed by atoms with Crippen LogP contribution in [0, 0.1) is 0 Å². The Bertz CT molecular complexity index is 6170. The molecule has 0 radical (unpaired) electrons. The molecule has 126 heavy (non-hydrogen) atoms. The Morgan fingerprint density at radius 2 is 0.452 bits per heavy atom. The zero-order chi connectivity index (χ0) is 85.9. The molecule has 0 aliphatic rings. The molecule has 654 valence electrons. The SMILES string of the molecule is CCCCCCCCCCCCc1ccc(Oc2cc3c(=O)n4c5cc6ccccc6cc5[nH]c4c4cc(Oc5ccc(CCCCCCCCCCCC)cc5)c5c6c(Oc7ccc(CCCCCCCCCCCC)cc7)cc7c8c(cc(Oc9ccc(CCCCCCCCCCCC)cc9)c(c2c5c34)c68)c(=O)n2c3cc4ccccc4cc3[nH]c72)cc1. The number of unbranched alkanes of at least 4 members (excludes halogenated alkanes) is 36. The molecular weight excluding hydrogens is 1550 g/mol. The minimum Gasteiger partial charge on any atom is -0.457 e. The van der Waals surface area contributed by atoms with E-state index in [-0.39, 0.29) is 11.1 Å². The fourth-order valence-electron chi connectivity index (χ4n) is 20.5. The summed E-state index contributed by atoms with van der Waals surface area (Å²) in [5, 5.41) is 12.5. The summed E-state index contributed by atoms with van der Waals surface area (Å²) in [6.07, 6.45) is 55.2. The molecule has 0 saturated carbocycles. The molecule has 17 aromatic rings. The number of nitrogens with one attached hydrogen (secondary N) is 2. The van der Waals surface area contributed by atoms with Crippen LogP contribution < -0.4 is 30.1 Å². The minimum atomic E-state index is -0.193. The van der Waals surface area contributed by atoms with Crippen molar-refractivity contribution < 1.29 is 18.9 Å². The predicted molar refractivity (Wildman–Crippen MR) is 535 cm³/mol. The van der Waals surface area contributed by atoms with Gasteiger partial charge in [0.25, 0.3) is 11.1 Å². The highest BCUT2D eigenvalue weighted by Gasteiger charge is 2.33. The van der Waals surface area contributed by atoms with Crippen molar-refractivity contribution in [3.63, 3.8) is 0 Å². The van der Waals surface area contributed by atoms with E-state index in [1.54, 1.807) is 0 Å². The van der Waals surface area contributed by atoms with Gasteiger partial charge in [0.1, 0.15) is 57.3 Å². The lowest BCUT2D eigenvalue weighted by Gasteiger charge is -2.25. The summed E-state index contributed by atoms with van der Waals surface area (Å²) in [7, 11) is 0. The molecule has 10 nitrogen and oxygen atoms in total. The fourth-order valence-corrected chi connectivity index (χ4v) is 20.5. The second-order valence-electron chi connectivity index (χ2n) is 37.1. The number of aromatic amines is 2. The first-order valence-corrected chi connectivity index (χ1v) is 49.7. The van der Waals surface area contributed by atoms with Crippen molar-refractivity contribution in [3.05, 3.63) is 237 Å². The molecule has 0 aliphatic heterocycles. The third-order valence-corrected chi connectivity index (χ3v) is 27.6. The number of H-pyrrole nitrogens is 2. The number of hydrogen-bond donors (Lipinski definition) is 2. The molecule has 10 heteroatoms. The van der Waals surface area contributed by atoms with E-state index in [0.29, 0.717) is 89.6 Å². The van der Waals surface area contributed by atoms with Crippen LogP contribution in [0.15, 0.2) is 204 Å². The minimum absolute atomic E-state index is 0.193. The number of benzene rings is 13. The third kappa shape index (κ3) is 19.9. The number of rotatable bonds is 52. The zero-order valence-corrected chi connectivity index (χ0v) is 75.9. The molecule has 17 rings (SSSR count). The molecule has 0 spiro atoms. The van der Waals surface area contributed by atoms with Crippen LogP contribution in [0.25, 0.3) is 120 Å². The summed E-state index contributed by atoms with van der Waals surface area (Å²) in [5.74, 6) is 4.59. The topological polar surface area (TPSA) is 111 Å². The normalized spacial score (nSPS) is 12.2. The number of aryl methyl sites for hydroxylation is 4. The van der Waals surface area contributed by atoms with Gasteiger partial charge in [-0.15, -0.1) is 0 Å². The fraction of sp³-hybridized carbons (Fsp3) is 0.414. The van der Waals surface area contributed by atoms with Gasteiger partial charge in [0, 0.05) is 53.9 Å². The molecular formula is C116H134N4O6. The number of hydrogen-bond acceptors (Lipinski definition) is 6. The summed E-state index contributed by atoms with van der Waals surface area (Å²) in [6.45, 7) is 9.16. The number of imidazole rings is 2. The molecule has 0 saturated heterocycles. The van der Waals surface area contributed by atoms with Gasteiger partial charge in [-0.3, -0.25) is 18.4 Å². The van der Waals surface area contributed by atoms with Gasteiger partial charge in [-0.05, 0) is 192 Å². The van der Waals surface area contributed by atoms with Crippen molar-refractivity contribution in [1.82, 2.24) is 18.8 Å². The zero-order valence-electron chi connectivity index (χ0n) is 75.9. The number of aromatic nitrogens is 4. The van der Waals surface area contributed by atoms with E-state index >= 15 is 9.59 Å². The van der Waals surface area contributed by atoms with Gasteiger partial charge in [0.15, 0.2) is 0 Å². The van der Waals surface area contributed by atoms with Crippen LogP contribution in [0.5, 0.6) is 46.0 Å². The van der Waals surface area contributed by atoms with Gasteiger partial charge < -0.3 is 28.9 Å². The third-order valence-electron chi connectivity index (χ3n) is 27.6. The van der Waals surface area contributed by atoms with Crippen molar-refractivity contribution in [3.8, 4) is 46.0 Å². The van der Waals surface area contributed by atoms with Crippen LogP contribution in [0.4, 0.5) is 0 Å². The summed E-state index contributed by atoms with van der Waals surface area (Å²) in [4.78, 5) is 41.3. The maximum Gasteiger partial charge on any atom is 0.264 e. The summed E-state index contributed by atoms with van der Waals surface area (Å²) < 4.78 is 34.8. The summed E-state index contributed by atoms with van der Waals surface area (Å²) in [6, 6.07) is 68.4. The average Bonchev–Trinajstić information content (AvgIpc) is 1.05. The number of pyridine rings is 2. The molecule has 4 heterocycles. The highest BCUT2D eigenvalue weighted by atomic mass is 16.5. The van der Waals surface area contributed by atoms with Gasteiger partial charge in [-0.25, -0.2) is 0 Å². The van der Waals surface area contributed by atoms with Crippen LogP contribution in [0.3, 0.4) is 0 Å². The monoisotopic (exact) mass is 1680 g/mol. The molecule has 0 fully saturated rings. The Labute approximate surface area is 745 Å². The summed E-state index contributed by atoms with van der Waals surface area (Å²) in [5.41, 5.74) is 9.12. The maximum absolute atomic E-state index is 16.8. The second-order valence-corrected chi connectivity index (χ2v) is 37.1. The Morgan fingerprint density at radius 1 is 0.230 bits per heavy atom. The highest BCUT2D eigenvalue weighted by molar-refractivity contribution is 6.45. The van der Waals surface area contributed by atoms with E-state index in [9.17, 15) is 0 Å². The highest BCUT2D eigenvalue weighted by Crippen LogP contribution is 2.58. The quantitative estimate of drug-likeness (QED) is 0.0223. The lowest BCUT2D eigenvalue weighted by atomic mass is 9.84. The Balaban J connectivity index is 0.876. The molecule has 2 N–H and O–H groups in total. The van der Waals surface area contributed by atoms with Crippen molar-refractivity contribution in [2.45, 2.75) is 310 Å². The Morgan fingerprint density at radius 3 is 0.698 bits per heavy atom. The van der Waals surface area contributed by atoms with Crippen LogP contribution in [-0.2, 0) is 25.7 Å². The van der Waals surface area contributed by atoms with Gasteiger partial charge in [0.05, 0.1) is 32.8 Å². The van der Waals surface area contributed by atoms with Gasteiger partial charge in [-0.2, -0.15) is 0 Å². The number of ether oxygens (including phenoxy) is 4. The first kappa shape index (κ1) is 87.2. The van der Waals surface area contributed by atoms with E-state index in [0.717, 1.165) is 127 Å². The van der Waals surface area contributed by atoms with Crippen molar-refractivity contribution in [2.75, 3.05) is 0 Å². The van der Waals surface area contributed by atoms with Crippen molar-refractivity contribution >= 4 is 120 Å². The molecule has 0 bridgehead atoms. The van der Waals surface area contributed by atoms with Gasteiger partial charge >= 0.3 is 0 Å². The second kappa shape index (κ2) is 42.6. The van der Waals surface area contributed by atoms with Gasteiger partial charge in [-0.1, -0.05) is 356 Å². The van der Waals surface area contributed by atoms with E-state index in [4.69, 9.17) is 18.9 Å². The summed E-state index contributed by atoms with van der Waals surface area (Å²) >= 11 is 0. The van der Waals surface area contributed by atoms with Crippen LogP contribution in [0.1, 0.15) is 307 Å². The van der Waals surface area contributed by atoms with Gasteiger partial charge in [0.2, 0.25) is 0 Å². The predicted octanol–water partition coefficient (Wildman–Crippen LogP) is 35.0. The Kier molecular flexibility index (Phi) is 29.5. The molecule has 0 amide bonds. The van der Waals surface area contributed by atoms with E-state index in [2.05, 4.69) is 220 Å². The smallest absolute Gasteiger partial charge is 0.264 e.